The van der Waals surface area contributed by atoms with E-state index >= 15 is 0 Å². The number of para-hydroxylation sites is 1. The van der Waals surface area contributed by atoms with Gasteiger partial charge < -0.3 is 14.8 Å². The molecule has 1 N–H and O–H groups in total. The summed E-state index contributed by atoms with van der Waals surface area (Å²) in [4.78, 5) is 15.3. The number of carbonyl (C=O) groups excluding carboxylic acids is 1. The molecule has 0 saturated heterocycles. The van der Waals surface area contributed by atoms with Crippen molar-refractivity contribution >= 4 is 17.3 Å². The second kappa shape index (κ2) is 6.85. The van der Waals surface area contributed by atoms with E-state index in [-0.39, 0.29) is 18.9 Å². The van der Waals surface area contributed by atoms with Crippen molar-refractivity contribution in [3.05, 3.63) is 83.4 Å². The van der Waals surface area contributed by atoms with Gasteiger partial charge in [-0.3, -0.25) is 9.69 Å². The van der Waals surface area contributed by atoms with Crippen molar-refractivity contribution in [2.75, 3.05) is 17.0 Å². The second-order valence-corrected chi connectivity index (χ2v) is 7.63. The average Bonchev–Trinajstić information content (AvgIpc) is 3.22. The van der Waals surface area contributed by atoms with Crippen molar-refractivity contribution in [2.45, 2.75) is 25.9 Å². The molecule has 29 heavy (non-hydrogen) atoms. The van der Waals surface area contributed by atoms with E-state index in [0.29, 0.717) is 17.2 Å². The van der Waals surface area contributed by atoms with Crippen LogP contribution in [-0.2, 0) is 0 Å². The molecule has 5 nitrogen and oxygen atoms in total. The molecule has 3 aromatic carbocycles. The summed E-state index contributed by atoms with van der Waals surface area (Å²) < 4.78 is 11.0. The van der Waals surface area contributed by atoms with E-state index in [1.165, 1.54) is 5.56 Å². The van der Waals surface area contributed by atoms with Crippen LogP contribution in [0, 0.1) is 0 Å². The molecule has 3 aromatic rings. The zero-order valence-corrected chi connectivity index (χ0v) is 16.4. The number of anilines is 2. The Balaban J connectivity index is 1.61. The lowest BCUT2D eigenvalue weighted by Gasteiger charge is -2.38. The van der Waals surface area contributed by atoms with Gasteiger partial charge in [-0.15, -0.1) is 0 Å². The van der Waals surface area contributed by atoms with Gasteiger partial charge in [0.25, 0.3) is 5.91 Å². The molecule has 0 aromatic heterocycles. The number of carbonyl (C=O) groups is 1. The summed E-state index contributed by atoms with van der Waals surface area (Å²) in [6, 6.07) is 21.6. The standard InChI is InChI=1S/C24H22N2O3/c1-15(2)16-7-10-18(11-8-16)26-23(17-9-12-21-22(13-17)29-14-28-21)25-20-6-4-3-5-19(20)24(26)27/h3-13,15,23,25H,14H2,1-2H3/t23-/m1/s1. The summed E-state index contributed by atoms with van der Waals surface area (Å²) in [5.41, 5.74) is 4.52. The Morgan fingerprint density at radius 3 is 2.52 bits per heavy atom. The molecule has 146 valence electrons. The summed E-state index contributed by atoms with van der Waals surface area (Å²) >= 11 is 0. The van der Waals surface area contributed by atoms with Crippen molar-refractivity contribution in [2.24, 2.45) is 0 Å². The number of nitrogens with one attached hydrogen (secondary N) is 1. The maximum absolute atomic E-state index is 13.5. The van der Waals surface area contributed by atoms with E-state index in [0.717, 1.165) is 22.7 Å². The fraction of sp³-hybridized carbons (Fsp3) is 0.208. The molecule has 0 bridgehead atoms. The lowest BCUT2D eigenvalue weighted by atomic mass is 10.00. The van der Waals surface area contributed by atoms with Gasteiger partial charge in [0, 0.05) is 11.4 Å². The molecule has 1 amide bonds. The molecule has 2 heterocycles. The van der Waals surface area contributed by atoms with Crippen LogP contribution in [0.25, 0.3) is 0 Å². The van der Waals surface area contributed by atoms with Crippen LogP contribution in [0.2, 0.25) is 0 Å². The predicted molar refractivity (Wildman–Crippen MR) is 113 cm³/mol. The molecule has 2 aliphatic heterocycles. The van der Waals surface area contributed by atoms with Crippen molar-refractivity contribution < 1.29 is 14.3 Å². The number of ether oxygens (including phenoxy) is 2. The minimum atomic E-state index is -0.350. The first kappa shape index (κ1) is 17.6. The highest BCUT2D eigenvalue weighted by molar-refractivity contribution is 6.12. The van der Waals surface area contributed by atoms with Crippen LogP contribution < -0.4 is 19.7 Å². The molecule has 0 saturated carbocycles. The van der Waals surface area contributed by atoms with E-state index in [1.807, 2.05) is 59.5 Å². The fourth-order valence-corrected chi connectivity index (χ4v) is 3.86. The SMILES string of the molecule is CC(C)c1ccc(N2C(=O)c3ccccc3N[C@H]2c2ccc3c(c2)OCO3)cc1. The maximum atomic E-state index is 13.5. The van der Waals surface area contributed by atoms with Crippen LogP contribution in [0.4, 0.5) is 11.4 Å². The smallest absolute Gasteiger partial charge is 0.262 e. The van der Waals surface area contributed by atoms with Crippen LogP contribution >= 0.6 is 0 Å². The van der Waals surface area contributed by atoms with Gasteiger partial charge in [-0.05, 0) is 53.4 Å². The third-order valence-corrected chi connectivity index (χ3v) is 5.48. The first-order valence-electron chi connectivity index (χ1n) is 9.80. The van der Waals surface area contributed by atoms with Crippen molar-refractivity contribution in [1.82, 2.24) is 0 Å². The normalized spacial score (nSPS) is 17.3. The quantitative estimate of drug-likeness (QED) is 0.663. The molecule has 0 fully saturated rings. The van der Waals surface area contributed by atoms with E-state index in [1.54, 1.807) is 0 Å². The van der Waals surface area contributed by atoms with Gasteiger partial charge in [0.05, 0.1) is 5.56 Å². The van der Waals surface area contributed by atoms with E-state index < -0.39 is 0 Å². The zero-order chi connectivity index (χ0) is 20.0. The number of rotatable bonds is 3. The third kappa shape index (κ3) is 2.99. The van der Waals surface area contributed by atoms with Gasteiger partial charge in [0.1, 0.15) is 6.17 Å². The monoisotopic (exact) mass is 386 g/mol. The molecule has 2 aliphatic rings. The van der Waals surface area contributed by atoms with Crippen LogP contribution in [0.3, 0.4) is 0 Å². The molecule has 0 spiro atoms. The van der Waals surface area contributed by atoms with Gasteiger partial charge in [-0.1, -0.05) is 44.2 Å². The number of nitrogens with zero attached hydrogens (tertiary/aromatic N) is 1. The Bertz CT molecular complexity index is 1080. The molecule has 0 unspecified atom stereocenters. The number of hydrogen-bond donors (Lipinski definition) is 1. The Labute approximate surface area is 169 Å². The van der Waals surface area contributed by atoms with Crippen LogP contribution in [0.15, 0.2) is 66.7 Å². The molecule has 5 rings (SSSR count). The van der Waals surface area contributed by atoms with Gasteiger partial charge in [-0.2, -0.15) is 0 Å². The summed E-state index contributed by atoms with van der Waals surface area (Å²) in [6.07, 6.45) is -0.350. The molecule has 1 atom stereocenters. The summed E-state index contributed by atoms with van der Waals surface area (Å²) in [5, 5.41) is 3.53. The lowest BCUT2D eigenvalue weighted by molar-refractivity contribution is 0.0975. The first-order chi connectivity index (χ1) is 14.1. The Morgan fingerprint density at radius 2 is 1.72 bits per heavy atom. The van der Waals surface area contributed by atoms with Crippen LogP contribution in [-0.4, -0.2) is 12.7 Å². The Hall–Kier alpha value is -3.47. The molecule has 0 aliphatic carbocycles. The van der Waals surface area contributed by atoms with Gasteiger partial charge in [-0.25, -0.2) is 0 Å². The van der Waals surface area contributed by atoms with Crippen LogP contribution in [0.1, 0.15) is 47.4 Å². The summed E-state index contributed by atoms with van der Waals surface area (Å²) in [6.45, 7) is 4.54. The minimum Gasteiger partial charge on any atom is -0.454 e. The van der Waals surface area contributed by atoms with Crippen molar-refractivity contribution in [3.63, 3.8) is 0 Å². The highest BCUT2D eigenvalue weighted by Crippen LogP contribution is 2.40. The maximum Gasteiger partial charge on any atom is 0.262 e. The third-order valence-electron chi connectivity index (χ3n) is 5.48. The van der Waals surface area contributed by atoms with Gasteiger partial charge in [0.2, 0.25) is 6.79 Å². The lowest BCUT2D eigenvalue weighted by Crippen LogP contribution is -2.43. The number of amides is 1. The molecular weight excluding hydrogens is 364 g/mol. The van der Waals surface area contributed by atoms with Crippen molar-refractivity contribution in [1.29, 1.82) is 0 Å². The first-order valence-corrected chi connectivity index (χ1v) is 9.80. The Kier molecular flexibility index (Phi) is 4.16. The van der Waals surface area contributed by atoms with E-state index in [9.17, 15) is 4.79 Å². The molecule has 5 heteroatoms. The largest absolute Gasteiger partial charge is 0.454 e. The number of hydrogen-bond acceptors (Lipinski definition) is 4. The number of fused-ring (bicyclic) bond motifs is 2. The van der Waals surface area contributed by atoms with Gasteiger partial charge in [0.15, 0.2) is 11.5 Å². The zero-order valence-electron chi connectivity index (χ0n) is 16.4. The van der Waals surface area contributed by atoms with Crippen LogP contribution in [0.5, 0.6) is 11.5 Å². The van der Waals surface area contributed by atoms with Crippen molar-refractivity contribution in [3.8, 4) is 11.5 Å². The predicted octanol–water partition coefficient (Wildman–Crippen LogP) is 5.31. The average molecular weight is 386 g/mol. The molecule has 0 radical (unpaired) electrons. The highest BCUT2D eigenvalue weighted by Gasteiger charge is 2.34. The summed E-state index contributed by atoms with van der Waals surface area (Å²) in [7, 11) is 0. The second-order valence-electron chi connectivity index (χ2n) is 7.63. The van der Waals surface area contributed by atoms with E-state index in [2.05, 4.69) is 31.3 Å². The minimum absolute atomic E-state index is 0.0284. The van der Waals surface area contributed by atoms with Gasteiger partial charge >= 0.3 is 0 Å². The molecular formula is C24H22N2O3. The Morgan fingerprint density at radius 1 is 0.966 bits per heavy atom. The fourth-order valence-electron chi connectivity index (χ4n) is 3.86. The summed E-state index contributed by atoms with van der Waals surface area (Å²) in [5.74, 6) is 1.83. The highest BCUT2D eigenvalue weighted by atomic mass is 16.7. The topological polar surface area (TPSA) is 50.8 Å². The number of benzene rings is 3. The van der Waals surface area contributed by atoms with E-state index in [4.69, 9.17) is 9.47 Å².